The molecule has 0 spiro atoms. The van der Waals surface area contributed by atoms with Crippen molar-refractivity contribution in [1.29, 1.82) is 0 Å². The monoisotopic (exact) mass is 425 g/mol. The van der Waals surface area contributed by atoms with Crippen LogP contribution >= 0.6 is 24.0 Å². The molecule has 0 aromatic heterocycles. The molecule has 2 aromatic rings. The zero-order chi connectivity index (χ0) is 15.4. The first-order chi connectivity index (χ1) is 10.7. The number of nitrogens with one attached hydrogen (secondary N) is 1. The van der Waals surface area contributed by atoms with Crippen LogP contribution in [0.5, 0.6) is 0 Å². The number of halogens is 2. The van der Waals surface area contributed by atoms with E-state index in [2.05, 4.69) is 16.4 Å². The van der Waals surface area contributed by atoms with Crippen molar-refractivity contribution in [3.63, 3.8) is 0 Å². The van der Waals surface area contributed by atoms with E-state index in [1.165, 1.54) is 30.0 Å². The summed E-state index contributed by atoms with van der Waals surface area (Å²) in [5, 5.41) is 3.17. The molecule has 0 saturated carbocycles. The van der Waals surface area contributed by atoms with Gasteiger partial charge in [-0.2, -0.15) is 0 Å². The maximum absolute atomic E-state index is 13.6. The molecule has 0 saturated heterocycles. The first-order valence-corrected chi connectivity index (χ1v) is 7.65. The molecule has 0 bridgehead atoms. The molecule has 0 radical (unpaired) electrons. The van der Waals surface area contributed by atoms with Crippen molar-refractivity contribution >= 4 is 35.6 Å². The molecule has 2 aromatic carbocycles. The number of fused-ring (bicyclic) bond motifs is 1. The van der Waals surface area contributed by atoms with Crippen molar-refractivity contribution in [3.8, 4) is 0 Å². The highest BCUT2D eigenvalue weighted by atomic mass is 127. The van der Waals surface area contributed by atoms with Gasteiger partial charge in [0, 0.05) is 11.3 Å². The highest BCUT2D eigenvalue weighted by Gasteiger charge is 2.13. The van der Waals surface area contributed by atoms with Crippen LogP contribution in [0, 0.1) is 5.82 Å². The molecular formula is C18H21FIN3. The summed E-state index contributed by atoms with van der Waals surface area (Å²) >= 11 is 0. The van der Waals surface area contributed by atoms with Crippen molar-refractivity contribution in [2.75, 3.05) is 5.32 Å². The third-order valence-corrected chi connectivity index (χ3v) is 4.04. The van der Waals surface area contributed by atoms with Gasteiger partial charge in [-0.3, -0.25) is 0 Å². The number of anilines is 1. The molecule has 0 fully saturated rings. The lowest BCUT2D eigenvalue weighted by molar-refractivity contribution is 0.611. The number of guanidine groups is 1. The standard InChI is InChI=1S/C18H20FN3.HI/c19-16-10-4-2-7-14(16)12-21-18(20)22-17-11-5-8-13-6-1-3-9-15(13)17;/h2,4-5,7-8,10-11H,1,3,6,9,12H2,(H3,20,21,22);1H. The van der Waals surface area contributed by atoms with Crippen molar-refractivity contribution in [2.45, 2.75) is 32.2 Å². The molecule has 0 amide bonds. The van der Waals surface area contributed by atoms with E-state index in [1.807, 2.05) is 12.1 Å². The molecule has 3 nitrogen and oxygen atoms in total. The summed E-state index contributed by atoms with van der Waals surface area (Å²) < 4.78 is 13.6. The summed E-state index contributed by atoms with van der Waals surface area (Å²) in [7, 11) is 0. The van der Waals surface area contributed by atoms with Gasteiger partial charge in [-0.1, -0.05) is 30.3 Å². The van der Waals surface area contributed by atoms with Crippen LogP contribution in [0.15, 0.2) is 47.5 Å². The van der Waals surface area contributed by atoms with Crippen LogP contribution in [0.3, 0.4) is 0 Å². The van der Waals surface area contributed by atoms with Crippen LogP contribution in [-0.4, -0.2) is 5.96 Å². The number of aryl methyl sites for hydroxylation is 1. The van der Waals surface area contributed by atoms with Gasteiger partial charge >= 0.3 is 0 Å². The molecule has 0 aliphatic heterocycles. The van der Waals surface area contributed by atoms with E-state index in [-0.39, 0.29) is 36.3 Å². The van der Waals surface area contributed by atoms with Gasteiger partial charge in [0.05, 0.1) is 6.54 Å². The van der Waals surface area contributed by atoms with Crippen LogP contribution in [-0.2, 0) is 19.4 Å². The summed E-state index contributed by atoms with van der Waals surface area (Å²) in [5.41, 5.74) is 10.2. The van der Waals surface area contributed by atoms with E-state index in [9.17, 15) is 4.39 Å². The fourth-order valence-corrected chi connectivity index (χ4v) is 2.87. The molecule has 0 atom stereocenters. The van der Waals surface area contributed by atoms with Gasteiger partial charge in [-0.15, -0.1) is 24.0 Å². The number of nitrogens with zero attached hydrogens (tertiary/aromatic N) is 1. The second-order valence-corrected chi connectivity index (χ2v) is 5.57. The van der Waals surface area contributed by atoms with Gasteiger partial charge in [0.2, 0.25) is 0 Å². The summed E-state index contributed by atoms with van der Waals surface area (Å²) in [6.45, 7) is 0.237. The highest BCUT2D eigenvalue weighted by molar-refractivity contribution is 14.0. The van der Waals surface area contributed by atoms with Crippen LogP contribution in [0.2, 0.25) is 0 Å². The van der Waals surface area contributed by atoms with Gasteiger partial charge in [0.25, 0.3) is 0 Å². The largest absolute Gasteiger partial charge is 0.370 e. The predicted molar refractivity (Wildman–Crippen MR) is 104 cm³/mol. The van der Waals surface area contributed by atoms with Gasteiger partial charge in [0.1, 0.15) is 5.82 Å². The van der Waals surface area contributed by atoms with E-state index in [0.717, 1.165) is 18.5 Å². The van der Waals surface area contributed by atoms with E-state index in [0.29, 0.717) is 11.5 Å². The van der Waals surface area contributed by atoms with E-state index >= 15 is 0 Å². The Kier molecular flexibility index (Phi) is 6.38. The Balaban J connectivity index is 0.00000192. The Hall–Kier alpha value is -1.63. The number of hydrogen-bond acceptors (Lipinski definition) is 1. The zero-order valence-electron chi connectivity index (χ0n) is 12.9. The minimum Gasteiger partial charge on any atom is -0.370 e. The Morgan fingerprint density at radius 2 is 1.87 bits per heavy atom. The van der Waals surface area contributed by atoms with Crippen LogP contribution in [0.1, 0.15) is 29.5 Å². The number of hydrogen-bond donors (Lipinski definition) is 2. The minimum atomic E-state index is -0.254. The number of aliphatic imine (C=N–C) groups is 1. The van der Waals surface area contributed by atoms with Crippen molar-refractivity contribution in [1.82, 2.24) is 0 Å². The predicted octanol–water partition coefficient (Wildman–Crippen LogP) is 4.25. The summed E-state index contributed by atoms with van der Waals surface area (Å²) in [5.74, 6) is 0.0679. The molecule has 23 heavy (non-hydrogen) atoms. The molecule has 3 rings (SSSR count). The van der Waals surface area contributed by atoms with Crippen molar-refractivity contribution in [2.24, 2.45) is 10.7 Å². The number of benzene rings is 2. The maximum atomic E-state index is 13.6. The third kappa shape index (κ3) is 4.43. The Morgan fingerprint density at radius 1 is 1.09 bits per heavy atom. The topological polar surface area (TPSA) is 50.4 Å². The summed E-state index contributed by atoms with van der Waals surface area (Å²) in [4.78, 5) is 4.24. The lowest BCUT2D eigenvalue weighted by atomic mass is 9.90. The van der Waals surface area contributed by atoms with E-state index in [1.54, 1.807) is 18.2 Å². The Morgan fingerprint density at radius 3 is 2.70 bits per heavy atom. The van der Waals surface area contributed by atoms with Crippen LogP contribution in [0.25, 0.3) is 0 Å². The lowest BCUT2D eigenvalue weighted by Crippen LogP contribution is -2.24. The van der Waals surface area contributed by atoms with Gasteiger partial charge < -0.3 is 11.1 Å². The van der Waals surface area contributed by atoms with Gasteiger partial charge in [0.15, 0.2) is 5.96 Å². The van der Waals surface area contributed by atoms with Crippen molar-refractivity contribution < 1.29 is 4.39 Å². The minimum absolute atomic E-state index is 0. The summed E-state index contributed by atoms with van der Waals surface area (Å²) in [6, 6.07) is 12.8. The molecule has 5 heteroatoms. The van der Waals surface area contributed by atoms with Gasteiger partial charge in [-0.25, -0.2) is 9.38 Å². The normalized spacial score (nSPS) is 13.9. The quantitative estimate of drug-likeness (QED) is 0.439. The molecule has 1 aliphatic carbocycles. The van der Waals surface area contributed by atoms with Gasteiger partial charge in [-0.05, 0) is 48.9 Å². The molecule has 1 aliphatic rings. The average molecular weight is 425 g/mol. The second-order valence-electron chi connectivity index (χ2n) is 5.57. The fourth-order valence-electron chi connectivity index (χ4n) is 2.87. The molecule has 3 N–H and O–H groups in total. The molecule has 0 heterocycles. The first kappa shape index (κ1) is 17.7. The molecule has 0 unspecified atom stereocenters. The second kappa shape index (κ2) is 8.29. The Labute approximate surface area is 153 Å². The highest BCUT2D eigenvalue weighted by Crippen LogP contribution is 2.27. The summed E-state index contributed by atoms with van der Waals surface area (Å²) in [6.07, 6.45) is 4.64. The van der Waals surface area contributed by atoms with Crippen molar-refractivity contribution in [3.05, 3.63) is 65.0 Å². The third-order valence-electron chi connectivity index (χ3n) is 4.04. The maximum Gasteiger partial charge on any atom is 0.193 e. The van der Waals surface area contributed by atoms with E-state index < -0.39 is 0 Å². The fraction of sp³-hybridized carbons (Fsp3) is 0.278. The SMILES string of the molecule is I.NC(=NCc1ccccc1F)Nc1cccc2c1CCCC2. The molecular weight excluding hydrogens is 404 g/mol. The van der Waals surface area contributed by atoms with Crippen LogP contribution in [0.4, 0.5) is 10.1 Å². The lowest BCUT2D eigenvalue weighted by Gasteiger charge is -2.19. The first-order valence-electron chi connectivity index (χ1n) is 7.65. The number of rotatable bonds is 3. The van der Waals surface area contributed by atoms with Crippen LogP contribution < -0.4 is 11.1 Å². The molecule has 122 valence electrons. The average Bonchev–Trinajstić information content (AvgIpc) is 2.54. The zero-order valence-corrected chi connectivity index (χ0v) is 15.2. The Bertz CT molecular complexity index is 700. The number of nitrogens with two attached hydrogens (primary N) is 1. The smallest absolute Gasteiger partial charge is 0.193 e. The van der Waals surface area contributed by atoms with E-state index in [4.69, 9.17) is 5.73 Å².